The fourth-order valence-electron chi connectivity index (χ4n) is 10.5. The third kappa shape index (κ3) is 5.45. The van der Waals surface area contributed by atoms with Crippen molar-refractivity contribution < 1.29 is 8.83 Å². The van der Waals surface area contributed by atoms with E-state index in [0.717, 1.165) is 67.8 Å². The van der Waals surface area contributed by atoms with Gasteiger partial charge >= 0.3 is 0 Å². The average molecular weight is 803 g/mol. The minimum absolute atomic E-state index is 0.0528. The lowest BCUT2D eigenvalue weighted by Gasteiger charge is -2.36. The van der Waals surface area contributed by atoms with Crippen molar-refractivity contribution >= 4 is 99.7 Å². The quantitative estimate of drug-likeness (QED) is 0.143. The van der Waals surface area contributed by atoms with Gasteiger partial charge in [-0.1, -0.05) is 149 Å². The second-order valence-corrected chi connectivity index (χ2v) is 17.5. The topological polar surface area (TPSA) is 32.8 Å². The van der Waals surface area contributed by atoms with Crippen molar-refractivity contribution in [3.8, 4) is 0 Å². The molecule has 62 heavy (non-hydrogen) atoms. The van der Waals surface area contributed by atoms with E-state index in [-0.39, 0.29) is 17.9 Å². The summed E-state index contributed by atoms with van der Waals surface area (Å²) in [5.74, 6) is 1.56. The SMILES string of the molecule is CC(C)c1cc(N(c2ccccc2)c2cccc3c2oc2ccccc23)c2ccc3c(C(C)C)cc(N(c4ccccc4)C4CC=Cc5c4oc4ccccc54)c4ccc1c2c34. The van der Waals surface area contributed by atoms with Crippen LogP contribution < -0.4 is 9.80 Å². The third-order valence-corrected chi connectivity index (χ3v) is 13.3. The van der Waals surface area contributed by atoms with Crippen molar-refractivity contribution in [2.45, 2.75) is 52.0 Å². The molecule has 0 bridgehead atoms. The number of para-hydroxylation sites is 5. The maximum absolute atomic E-state index is 6.84. The first-order valence-corrected chi connectivity index (χ1v) is 22.0. The van der Waals surface area contributed by atoms with E-state index in [1.807, 2.05) is 6.07 Å². The molecule has 1 atom stereocenters. The molecule has 2 heterocycles. The van der Waals surface area contributed by atoms with Crippen molar-refractivity contribution in [2.24, 2.45) is 0 Å². The Labute approximate surface area is 361 Å². The van der Waals surface area contributed by atoms with Gasteiger partial charge in [-0.3, -0.25) is 0 Å². The molecule has 9 aromatic carbocycles. The first-order chi connectivity index (χ1) is 30.4. The second-order valence-electron chi connectivity index (χ2n) is 17.5. The van der Waals surface area contributed by atoms with Crippen LogP contribution >= 0.6 is 0 Å². The van der Waals surface area contributed by atoms with Crippen LogP contribution in [0.4, 0.5) is 28.4 Å². The van der Waals surface area contributed by atoms with Gasteiger partial charge in [0.15, 0.2) is 5.58 Å². The molecule has 0 radical (unpaired) electrons. The predicted molar refractivity (Wildman–Crippen MR) is 261 cm³/mol. The highest BCUT2D eigenvalue weighted by Gasteiger charge is 2.33. The molecule has 12 rings (SSSR count). The van der Waals surface area contributed by atoms with Gasteiger partial charge in [0, 0.05) is 43.9 Å². The van der Waals surface area contributed by atoms with E-state index in [1.165, 1.54) is 54.7 Å². The lowest BCUT2D eigenvalue weighted by Crippen LogP contribution is -2.25. The zero-order chi connectivity index (χ0) is 41.6. The molecule has 11 aromatic rings. The first-order valence-electron chi connectivity index (χ1n) is 22.0. The van der Waals surface area contributed by atoms with E-state index in [2.05, 4.69) is 207 Å². The number of fused-ring (bicyclic) bond motifs is 6. The molecule has 1 unspecified atom stereocenters. The van der Waals surface area contributed by atoms with Crippen LogP contribution in [-0.2, 0) is 0 Å². The summed E-state index contributed by atoms with van der Waals surface area (Å²) in [5, 5.41) is 11.0. The van der Waals surface area contributed by atoms with E-state index in [1.54, 1.807) is 0 Å². The number of nitrogens with zero attached hydrogens (tertiary/aromatic N) is 2. The van der Waals surface area contributed by atoms with Crippen molar-refractivity contribution in [1.82, 2.24) is 0 Å². The van der Waals surface area contributed by atoms with Crippen LogP contribution in [0, 0.1) is 0 Å². The standard InChI is InChI=1S/C58H46N2O2/c1-35(2)47-33-51(59(37-17-7-5-8-18-37)49-25-15-23-43-39-21-11-13-27-53(39)61-57(43)49)45-32-30-42-48(36(3)4)34-52(46-31-29-41(47)55(45)56(42)46)60(38-19-9-6-10-20-38)50-26-16-24-44-40-22-12-14-28-54(40)62-58(44)50/h5-25,27-36,50H,26H2,1-4H3. The van der Waals surface area contributed by atoms with Crippen LogP contribution in [0.3, 0.4) is 0 Å². The summed E-state index contributed by atoms with van der Waals surface area (Å²) < 4.78 is 13.6. The Morgan fingerprint density at radius 2 is 1.02 bits per heavy atom. The molecule has 0 aliphatic heterocycles. The zero-order valence-electron chi connectivity index (χ0n) is 35.4. The largest absolute Gasteiger partial charge is 0.458 e. The summed E-state index contributed by atoms with van der Waals surface area (Å²) in [7, 11) is 0. The van der Waals surface area contributed by atoms with Crippen LogP contribution in [0.2, 0.25) is 0 Å². The number of furan rings is 2. The highest BCUT2D eigenvalue weighted by atomic mass is 16.3. The Morgan fingerprint density at radius 3 is 1.69 bits per heavy atom. The number of benzene rings is 9. The molecule has 0 amide bonds. The number of anilines is 5. The summed E-state index contributed by atoms with van der Waals surface area (Å²) >= 11 is 0. The van der Waals surface area contributed by atoms with Gasteiger partial charge in [0.05, 0.1) is 23.1 Å². The highest BCUT2D eigenvalue weighted by Crippen LogP contribution is 2.53. The Balaban J connectivity index is 1.18. The van der Waals surface area contributed by atoms with Crippen LogP contribution in [-0.4, -0.2) is 0 Å². The lowest BCUT2D eigenvalue weighted by atomic mass is 9.83. The fourth-order valence-corrected chi connectivity index (χ4v) is 10.5. The van der Waals surface area contributed by atoms with Crippen LogP contribution in [0.5, 0.6) is 0 Å². The fraction of sp³-hybridized carbons (Fsp3) is 0.138. The molecular formula is C58H46N2O2. The Kier molecular flexibility index (Phi) is 8.33. The zero-order valence-corrected chi connectivity index (χ0v) is 35.4. The summed E-state index contributed by atoms with van der Waals surface area (Å²) in [5.41, 5.74) is 12.1. The molecule has 300 valence electrons. The molecule has 0 saturated carbocycles. The van der Waals surface area contributed by atoms with Gasteiger partial charge in [-0.25, -0.2) is 0 Å². The summed E-state index contributed by atoms with van der Waals surface area (Å²) in [6, 6.07) is 59.5. The van der Waals surface area contributed by atoms with E-state index in [0.29, 0.717) is 0 Å². The van der Waals surface area contributed by atoms with Crippen LogP contribution in [0.1, 0.15) is 74.4 Å². The summed E-state index contributed by atoms with van der Waals surface area (Å²) in [6.45, 7) is 9.32. The number of hydrogen-bond donors (Lipinski definition) is 0. The minimum atomic E-state index is -0.0528. The second kappa shape index (κ2) is 14.1. The van der Waals surface area contributed by atoms with Crippen molar-refractivity contribution in [3.63, 3.8) is 0 Å². The maximum atomic E-state index is 6.84. The molecule has 0 fully saturated rings. The number of rotatable bonds is 8. The predicted octanol–water partition coefficient (Wildman–Crippen LogP) is 17.2. The molecule has 0 saturated heterocycles. The Hall–Kier alpha value is -7.30. The summed E-state index contributed by atoms with van der Waals surface area (Å²) in [6.07, 6.45) is 5.40. The first kappa shape index (κ1) is 36.5. The minimum Gasteiger partial charge on any atom is -0.458 e. The van der Waals surface area contributed by atoms with Crippen molar-refractivity contribution in [2.75, 3.05) is 9.80 Å². The van der Waals surface area contributed by atoms with Gasteiger partial charge in [-0.2, -0.15) is 0 Å². The molecule has 1 aliphatic carbocycles. The average Bonchev–Trinajstić information content (AvgIpc) is 3.89. The van der Waals surface area contributed by atoms with E-state index in [9.17, 15) is 0 Å². The van der Waals surface area contributed by atoms with Gasteiger partial charge in [-0.05, 0) is 106 Å². The molecule has 2 aromatic heterocycles. The van der Waals surface area contributed by atoms with Gasteiger partial charge in [0.1, 0.15) is 16.9 Å². The van der Waals surface area contributed by atoms with Gasteiger partial charge in [0.25, 0.3) is 0 Å². The Morgan fingerprint density at radius 1 is 0.468 bits per heavy atom. The van der Waals surface area contributed by atoms with E-state index in [4.69, 9.17) is 8.83 Å². The molecule has 0 N–H and O–H groups in total. The third-order valence-electron chi connectivity index (χ3n) is 13.3. The molecule has 1 aliphatic rings. The summed E-state index contributed by atoms with van der Waals surface area (Å²) in [4.78, 5) is 4.99. The van der Waals surface area contributed by atoms with Crippen molar-refractivity contribution in [1.29, 1.82) is 0 Å². The number of hydrogen-bond acceptors (Lipinski definition) is 4. The highest BCUT2D eigenvalue weighted by molar-refractivity contribution is 6.29. The van der Waals surface area contributed by atoms with E-state index < -0.39 is 0 Å². The monoisotopic (exact) mass is 802 g/mol. The maximum Gasteiger partial charge on any atom is 0.159 e. The molecule has 4 nitrogen and oxygen atoms in total. The van der Waals surface area contributed by atoms with Crippen LogP contribution in [0.15, 0.2) is 179 Å². The van der Waals surface area contributed by atoms with E-state index >= 15 is 0 Å². The van der Waals surface area contributed by atoms with Gasteiger partial charge in [-0.15, -0.1) is 0 Å². The van der Waals surface area contributed by atoms with Gasteiger partial charge < -0.3 is 18.6 Å². The smallest absolute Gasteiger partial charge is 0.159 e. The molecular weight excluding hydrogens is 757 g/mol. The Bertz CT molecular complexity index is 3520. The van der Waals surface area contributed by atoms with Crippen LogP contribution in [0.25, 0.3) is 71.3 Å². The lowest BCUT2D eigenvalue weighted by molar-refractivity contribution is 0.489. The molecule has 0 spiro atoms. The van der Waals surface area contributed by atoms with Gasteiger partial charge in [0.2, 0.25) is 0 Å². The normalized spacial score (nSPS) is 14.1. The van der Waals surface area contributed by atoms with Crippen molar-refractivity contribution in [3.05, 3.63) is 192 Å². The molecule has 4 heteroatoms.